The van der Waals surface area contributed by atoms with E-state index in [4.69, 9.17) is 11.5 Å². The standard InChI is InChI=1S/C51H75N5O6S2/c1-48(2)22-29(56-15-14-54-26-56)25-63-64-41(13-8-16-57)36-18-34(33-17-27-9-7-12-31-30-10-5-6-11-32(30)45(48)43(42(27)31)46(33)61)50(4)21-28(24-55-47(52)53)44-37(51(36,50)62)20-38(58)35-19-39(59)40(60)23-49(35,44)3/h14-15,20,26-30,33-36,39-41,43-44,46,57,59-62H,5-13,16-19,21-25H2,1-4H3,(H4,52,53,55)/t27-,28+,29-,30-,33-,34+,35-,36+,39+,40-,41-,43+,44-,46-,49-,50+,51+/m0/s1. The van der Waals surface area contributed by atoms with Crippen LogP contribution >= 0.6 is 21.6 Å². The van der Waals surface area contributed by atoms with Gasteiger partial charge in [-0.15, -0.1) is 0 Å². The van der Waals surface area contributed by atoms with Crippen LogP contribution in [-0.2, 0) is 4.79 Å². The van der Waals surface area contributed by atoms with E-state index in [0.29, 0.717) is 44.1 Å². The summed E-state index contributed by atoms with van der Waals surface area (Å²) in [5.74, 6) is 0.0813. The van der Waals surface area contributed by atoms with E-state index in [9.17, 15) is 30.3 Å². The van der Waals surface area contributed by atoms with Crippen LogP contribution in [-0.4, -0.2) is 94.9 Å². The Morgan fingerprint density at radius 2 is 1.77 bits per heavy atom. The zero-order chi connectivity index (χ0) is 45.1. The number of guanidine groups is 1. The van der Waals surface area contributed by atoms with Gasteiger partial charge in [0.2, 0.25) is 0 Å². The van der Waals surface area contributed by atoms with E-state index in [2.05, 4.69) is 48.4 Å². The molecule has 0 unspecified atom stereocenters. The Hall–Kier alpha value is -2.13. The molecule has 1 aromatic rings. The van der Waals surface area contributed by atoms with Gasteiger partial charge in [0.25, 0.3) is 0 Å². The average Bonchev–Trinajstić information content (AvgIpc) is 3.88. The van der Waals surface area contributed by atoms with Crippen molar-refractivity contribution in [2.24, 2.45) is 86.0 Å². The van der Waals surface area contributed by atoms with E-state index < -0.39 is 40.7 Å². The molecule has 10 rings (SSSR count). The van der Waals surface area contributed by atoms with Crippen molar-refractivity contribution in [3.63, 3.8) is 0 Å². The maximum absolute atomic E-state index is 14.7. The van der Waals surface area contributed by atoms with Gasteiger partial charge >= 0.3 is 0 Å². The molecule has 2 heterocycles. The Morgan fingerprint density at radius 3 is 2.52 bits per heavy atom. The molecule has 9 N–H and O–H groups in total. The molecule has 0 radical (unpaired) electrons. The second-order valence-electron chi connectivity index (χ2n) is 23.2. The molecule has 4 bridgehead atoms. The summed E-state index contributed by atoms with van der Waals surface area (Å²) in [6.45, 7) is 9.65. The first kappa shape index (κ1) is 45.6. The van der Waals surface area contributed by atoms with Gasteiger partial charge in [-0.2, -0.15) is 0 Å². The van der Waals surface area contributed by atoms with E-state index in [-0.39, 0.29) is 83.4 Å². The van der Waals surface area contributed by atoms with Crippen LogP contribution in [0.3, 0.4) is 0 Å². The number of nitrogens with two attached hydrogens (primary N) is 2. The Labute approximate surface area is 388 Å². The van der Waals surface area contributed by atoms with Crippen LogP contribution in [0.25, 0.3) is 0 Å². The third kappa shape index (κ3) is 6.94. The average molecular weight is 918 g/mol. The largest absolute Gasteiger partial charge is 0.396 e. The summed E-state index contributed by atoms with van der Waals surface area (Å²) < 4.78 is 2.29. The molecule has 9 aliphatic rings. The molecular formula is C51H75N5O6S2. The highest BCUT2D eigenvalue weighted by atomic mass is 33.1. The van der Waals surface area contributed by atoms with Crippen LogP contribution in [0.5, 0.6) is 0 Å². The van der Waals surface area contributed by atoms with E-state index in [1.807, 2.05) is 34.1 Å². The Kier molecular flexibility index (Phi) is 12.0. The van der Waals surface area contributed by atoms with Gasteiger partial charge in [0, 0.05) is 71.7 Å². The summed E-state index contributed by atoms with van der Waals surface area (Å²) in [7, 11) is 3.71. The molecule has 8 aliphatic carbocycles. The number of allylic oxidation sites excluding steroid dienone is 3. The molecular weight excluding hydrogens is 843 g/mol. The van der Waals surface area contributed by atoms with Crippen LogP contribution in [0.4, 0.5) is 0 Å². The van der Waals surface area contributed by atoms with Crippen molar-refractivity contribution in [2.45, 2.75) is 159 Å². The third-order valence-corrected chi connectivity index (χ3v) is 22.6. The molecule has 64 heavy (non-hydrogen) atoms. The van der Waals surface area contributed by atoms with Crippen LogP contribution < -0.4 is 11.5 Å². The van der Waals surface area contributed by atoms with Crippen LogP contribution in [0, 0.1) is 69.5 Å². The minimum absolute atomic E-state index is 0.00122. The lowest BCUT2D eigenvalue weighted by Crippen LogP contribution is -2.66. The monoisotopic (exact) mass is 918 g/mol. The number of hydrogen-bond acceptors (Lipinski definition) is 10. The molecule has 352 valence electrons. The third-order valence-electron chi connectivity index (χ3n) is 19.5. The highest BCUT2D eigenvalue weighted by Gasteiger charge is 2.74. The number of aromatic nitrogens is 2. The number of carbonyl (C=O) groups excluding carboxylic acids is 1. The molecule has 17 atom stereocenters. The lowest BCUT2D eigenvalue weighted by atomic mass is 9.42. The Morgan fingerprint density at radius 1 is 0.969 bits per heavy atom. The number of hydrogen-bond donors (Lipinski definition) is 7. The number of ketones is 1. The fourth-order valence-corrected chi connectivity index (χ4v) is 20.6. The smallest absolute Gasteiger partial charge is 0.185 e. The maximum Gasteiger partial charge on any atom is 0.185 e. The van der Waals surface area contributed by atoms with Gasteiger partial charge in [-0.25, -0.2) is 4.98 Å². The van der Waals surface area contributed by atoms with E-state index in [0.717, 1.165) is 43.4 Å². The highest BCUT2D eigenvalue weighted by Crippen LogP contribution is 2.74. The van der Waals surface area contributed by atoms with Gasteiger partial charge in [0.15, 0.2) is 11.7 Å². The molecule has 13 heteroatoms. The quantitative estimate of drug-likeness (QED) is 0.0678. The minimum Gasteiger partial charge on any atom is -0.396 e. The molecule has 5 saturated carbocycles. The van der Waals surface area contributed by atoms with Crippen molar-refractivity contribution in [3.8, 4) is 0 Å². The SMILES string of the molecule is CC1(C)C[C@H](n2ccnc2)CSS[C@@H](CCCO)[C@H]2C[C@H]([C@@H]3C[C@@H]4CCCC5=C4[C@H](C1=C1CCCC[C@@H]51)[C@H]3O)[C@@]1(C)C[C@H](CN=C(N)N)[C@H]3C(=CC(=O)[C@@H]4C[C@@H](O)[C@@H](O)C[C@]34C)[C@]21O. The van der Waals surface area contributed by atoms with Crippen molar-refractivity contribution in [3.05, 3.63) is 52.7 Å². The number of nitrogens with zero attached hydrogens (tertiary/aromatic N) is 3. The van der Waals surface area contributed by atoms with Gasteiger partial charge in [0.05, 0.1) is 30.2 Å². The zero-order valence-electron chi connectivity index (χ0n) is 38.6. The summed E-state index contributed by atoms with van der Waals surface area (Å²) in [5, 5.41) is 61.0. The van der Waals surface area contributed by atoms with Crippen LogP contribution in [0.1, 0.15) is 130 Å². The van der Waals surface area contributed by atoms with Crippen molar-refractivity contribution < 1.29 is 30.3 Å². The summed E-state index contributed by atoms with van der Waals surface area (Å²) in [4.78, 5) is 24.0. The molecule has 1 aliphatic heterocycles. The number of aliphatic hydroxyl groups excluding tert-OH is 4. The number of fused-ring (bicyclic) bond motifs is 13. The predicted molar refractivity (Wildman–Crippen MR) is 254 cm³/mol. The van der Waals surface area contributed by atoms with Crippen molar-refractivity contribution in [1.82, 2.24) is 9.55 Å². The van der Waals surface area contributed by atoms with Gasteiger partial charge in [0.1, 0.15) is 0 Å². The van der Waals surface area contributed by atoms with Crippen molar-refractivity contribution >= 4 is 33.3 Å². The van der Waals surface area contributed by atoms with E-state index in [1.165, 1.54) is 31.3 Å². The lowest BCUT2D eigenvalue weighted by molar-refractivity contribution is -0.172. The fourth-order valence-electron chi connectivity index (χ4n) is 17.2. The maximum atomic E-state index is 14.7. The minimum atomic E-state index is -1.44. The molecule has 0 spiro atoms. The number of aliphatic imine (C=N–C) groups is 1. The van der Waals surface area contributed by atoms with Gasteiger partial charge in [-0.1, -0.05) is 78.0 Å². The summed E-state index contributed by atoms with van der Waals surface area (Å²) in [5.41, 5.74) is 16.1. The molecule has 0 amide bonds. The van der Waals surface area contributed by atoms with Gasteiger partial charge < -0.3 is 41.6 Å². The van der Waals surface area contributed by atoms with Crippen molar-refractivity contribution in [2.75, 3.05) is 18.9 Å². The van der Waals surface area contributed by atoms with E-state index >= 15 is 0 Å². The highest BCUT2D eigenvalue weighted by molar-refractivity contribution is 8.76. The molecule has 11 nitrogen and oxygen atoms in total. The number of imidazole rings is 1. The second-order valence-corrected chi connectivity index (χ2v) is 25.8. The molecule has 1 saturated heterocycles. The topological polar surface area (TPSA) is 200 Å². The molecule has 1 aromatic heterocycles. The molecule has 0 aromatic carbocycles. The van der Waals surface area contributed by atoms with Crippen molar-refractivity contribution in [1.29, 1.82) is 0 Å². The number of aliphatic hydroxyl groups is 5. The first-order chi connectivity index (χ1) is 30.5. The summed E-state index contributed by atoms with van der Waals surface area (Å²) in [6.07, 6.45) is 18.0. The van der Waals surface area contributed by atoms with E-state index in [1.54, 1.807) is 22.8 Å². The first-order valence-electron chi connectivity index (χ1n) is 24.9. The summed E-state index contributed by atoms with van der Waals surface area (Å²) >= 11 is 0. The zero-order valence-corrected chi connectivity index (χ0v) is 40.2. The van der Waals surface area contributed by atoms with Gasteiger partial charge in [-0.05, 0) is 142 Å². The summed E-state index contributed by atoms with van der Waals surface area (Å²) in [6, 6.07) is 0.143. The predicted octanol–water partition coefficient (Wildman–Crippen LogP) is 6.90. The number of carbonyl (C=O) groups is 1. The van der Waals surface area contributed by atoms with Crippen LogP contribution in [0.2, 0.25) is 0 Å². The fraction of sp³-hybridized carbons (Fsp3) is 0.784. The second kappa shape index (κ2) is 16.8. The lowest BCUT2D eigenvalue weighted by Gasteiger charge is -2.64. The van der Waals surface area contributed by atoms with Crippen LogP contribution in [0.15, 0.2) is 57.7 Å². The number of rotatable bonds is 6. The molecule has 6 fully saturated rings. The Balaban J connectivity index is 1.18. The first-order valence-corrected chi connectivity index (χ1v) is 27.3. The normalized spacial score (nSPS) is 46.2. The van der Waals surface area contributed by atoms with Gasteiger partial charge in [-0.3, -0.25) is 9.79 Å². The Bertz CT molecular complexity index is 2100.